The Labute approximate surface area is 228 Å². The van der Waals surface area contributed by atoms with Crippen LogP contribution in [-0.2, 0) is 7.05 Å². The number of nitrogens with one attached hydrogen (secondary N) is 1. The van der Waals surface area contributed by atoms with Crippen LogP contribution in [0, 0.1) is 11.8 Å². The van der Waals surface area contributed by atoms with E-state index in [0.29, 0.717) is 5.52 Å². The Balaban J connectivity index is 1.41. The topological polar surface area (TPSA) is 112 Å². The number of amides is 1. The lowest BCUT2D eigenvalue weighted by molar-refractivity contribution is 0.0941. The monoisotopic (exact) mass is 529 g/mol. The highest BCUT2D eigenvalue weighted by Gasteiger charge is 2.22. The molecule has 1 atom stereocenters. The zero-order valence-electron chi connectivity index (χ0n) is 21.2. The summed E-state index contributed by atoms with van der Waals surface area (Å²) in [6, 6.07) is 15.3. The highest BCUT2D eigenvalue weighted by atomic mass is 32.1. The van der Waals surface area contributed by atoms with Gasteiger partial charge in [0.05, 0.1) is 29.0 Å². The van der Waals surface area contributed by atoms with E-state index < -0.39 is 6.04 Å². The molecule has 0 saturated heterocycles. The maximum atomic E-state index is 13.5. The van der Waals surface area contributed by atoms with Gasteiger partial charge in [0.2, 0.25) is 0 Å². The average Bonchev–Trinajstić information content (AvgIpc) is 3.56. The van der Waals surface area contributed by atoms with E-state index in [4.69, 9.17) is 10.7 Å². The summed E-state index contributed by atoms with van der Waals surface area (Å²) >= 11 is 1.52. The second-order valence-corrected chi connectivity index (χ2v) is 9.95. The second-order valence-electron chi connectivity index (χ2n) is 9.10. The molecule has 6 rings (SSSR count). The number of hydrogen-bond acceptors (Lipinski definition) is 7. The number of pyridine rings is 3. The van der Waals surface area contributed by atoms with Crippen molar-refractivity contribution in [3.63, 3.8) is 0 Å². The van der Waals surface area contributed by atoms with Crippen molar-refractivity contribution in [2.45, 2.75) is 13.0 Å². The Hall–Kier alpha value is -5.07. The number of anilines is 1. The molecular weight excluding hydrogens is 506 g/mol. The normalized spacial score (nSPS) is 11.7. The number of nitrogen functional groups attached to an aromatic ring is 1. The third-order valence-corrected chi connectivity index (χ3v) is 7.27. The van der Waals surface area contributed by atoms with Gasteiger partial charge in [-0.2, -0.15) is 5.10 Å². The molecular formula is C30H23N7OS. The number of nitrogens with two attached hydrogens (primary N) is 1. The van der Waals surface area contributed by atoms with E-state index in [9.17, 15) is 4.79 Å². The molecule has 0 saturated carbocycles. The third-order valence-electron chi connectivity index (χ3n) is 6.39. The molecule has 0 fully saturated rings. The molecule has 3 N–H and O–H groups in total. The van der Waals surface area contributed by atoms with Gasteiger partial charge in [-0.3, -0.25) is 14.5 Å². The summed E-state index contributed by atoms with van der Waals surface area (Å²) in [5.74, 6) is 6.23. The highest BCUT2D eigenvalue weighted by molar-refractivity contribution is 7.17. The molecule has 5 aromatic heterocycles. The molecule has 8 nitrogen and oxygen atoms in total. The number of carbonyl (C=O) groups is 1. The van der Waals surface area contributed by atoms with E-state index in [2.05, 4.69) is 38.3 Å². The minimum absolute atomic E-state index is 0.132. The van der Waals surface area contributed by atoms with E-state index in [1.807, 2.05) is 61.9 Å². The Kier molecular flexibility index (Phi) is 6.23. The molecule has 0 bridgehead atoms. The maximum absolute atomic E-state index is 13.5. The smallest absolute Gasteiger partial charge is 0.257 e. The lowest BCUT2D eigenvalue weighted by Gasteiger charge is -2.18. The number of aryl methyl sites for hydroxylation is 1. The van der Waals surface area contributed by atoms with E-state index >= 15 is 0 Å². The largest absolute Gasteiger partial charge is 0.383 e. The molecule has 0 spiro atoms. The van der Waals surface area contributed by atoms with Crippen molar-refractivity contribution in [3.05, 3.63) is 101 Å². The lowest BCUT2D eigenvalue weighted by atomic mass is 9.98. The predicted octanol–water partition coefficient (Wildman–Crippen LogP) is 5.11. The van der Waals surface area contributed by atoms with Gasteiger partial charge in [0.25, 0.3) is 5.91 Å². The highest BCUT2D eigenvalue weighted by Crippen LogP contribution is 2.34. The van der Waals surface area contributed by atoms with E-state index in [1.54, 1.807) is 29.3 Å². The summed E-state index contributed by atoms with van der Waals surface area (Å²) in [6.45, 7) is 1.91. The van der Waals surface area contributed by atoms with E-state index in [-0.39, 0.29) is 17.3 Å². The van der Waals surface area contributed by atoms with Crippen molar-refractivity contribution < 1.29 is 4.79 Å². The lowest BCUT2D eigenvalue weighted by Crippen LogP contribution is -2.29. The van der Waals surface area contributed by atoms with Gasteiger partial charge in [0.1, 0.15) is 16.2 Å². The van der Waals surface area contributed by atoms with Crippen LogP contribution in [0.5, 0.6) is 0 Å². The molecule has 1 amide bonds. The molecule has 0 aliphatic heterocycles. The van der Waals surface area contributed by atoms with Gasteiger partial charge in [0, 0.05) is 52.9 Å². The Bertz CT molecular complexity index is 1910. The van der Waals surface area contributed by atoms with E-state index in [0.717, 1.165) is 43.6 Å². The van der Waals surface area contributed by atoms with Gasteiger partial charge in [-0.15, -0.1) is 11.3 Å². The van der Waals surface area contributed by atoms with Gasteiger partial charge < -0.3 is 11.1 Å². The first-order chi connectivity index (χ1) is 19.0. The summed E-state index contributed by atoms with van der Waals surface area (Å²) in [5.41, 5.74) is 11.3. The first kappa shape index (κ1) is 24.3. The molecule has 9 heteroatoms. The number of rotatable bonds is 4. The van der Waals surface area contributed by atoms with Crippen molar-refractivity contribution in [2.24, 2.45) is 7.05 Å². The number of thiophene rings is 1. The molecule has 0 unspecified atom stereocenters. The van der Waals surface area contributed by atoms with Gasteiger partial charge in [0.15, 0.2) is 0 Å². The average molecular weight is 530 g/mol. The van der Waals surface area contributed by atoms with Crippen molar-refractivity contribution in [2.75, 3.05) is 5.73 Å². The molecule has 39 heavy (non-hydrogen) atoms. The van der Waals surface area contributed by atoms with Gasteiger partial charge in [-0.25, -0.2) is 9.97 Å². The maximum Gasteiger partial charge on any atom is 0.257 e. The van der Waals surface area contributed by atoms with Crippen molar-refractivity contribution in [3.8, 4) is 23.0 Å². The zero-order valence-corrected chi connectivity index (χ0v) is 22.0. The molecule has 0 aliphatic carbocycles. The van der Waals surface area contributed by atoms with Crippen molar-refractivity contribution in [1.82, 2.24) is 30.0 Å². The quantitative estimate of drug-likeness (QED) is 0.307. The van der Waals surface area contributed by atoms with Gasteiger partial charge in [-0.1, -0.05) is 42.2 Å². The summed E-state index contributed by atoms with van der Waals surface area (Å²) in [6.07, 6.45) is 6.87. The van der Waals surface area contributed by atoms with Crippen LogP contribution in [0.3, 0.4) is 0 Å². The Morgan fingerprint density at radius 2 is 1.95 bits per heavy atom. The fourth-order valence-corrected chi connectivity index (χ4v) is 5.35. The van der Waals surface area contributed by atoms with Gasteiger partial charge in [-0.05, 0) is 30.7 Å². The third kappa shape index (κ3) is 4.69. The second kappa shape index (κ2) is 10.0. The number of fused-ring (bicyclic) bond motifs is 2. The summed E-state index contributed by atoms with van der Waals surface area (Å²) in [5, 5.41) is 11.0. The number of aromatic nitrogens is 5. The summed E-state index contributed by atoms with van der Waals surface area (Å²) in [4.78, 5) is 27.9. The van der Waals surface area contributed by atoms with Crippen LogP contribution in [0.25, 0.3) is 32.2 Å². The number of benzene rings is 1. The van der Waals surface area contributed by atoms with E-state index in [1.165, 1.54) is 11.3 Å². The van der Waals surface area contributed by atoms with Crippen LogP contribution in [0.1, 0.15) is 40.1 Å². The number of carbonyl (C=O) groups excluding carboxylic acids is 1. The fourth-order valence-electron chi connectivity index (χ4n) is 4.49. The van der Waals surface area contributed by atoms with Crippen LogP contribution in [0.4, 0.5) is 5.82 Å². The minimum Gasteiger partial charge on any atom is -0.383 e. The number of hydrogen-bond donors (Lipinski definition) is 2. The number of nitrogens with zero attached hydrogens (tertiary/aromatic N) is 5. The van der Waals surface area contributed by atoms with Crippen LogP contribution < -0.4 is 11.1 Å². The van der Waals surface area contributed by atoms with Crippen LogP contribution >= 0.6 is 11.3 Å². The van der Waals surface area contributed by atoms with Crippen molar-refractivity contribution >= 4 is 44.2 Å². The standard InChI is InChI=1S/C30H23N7OS/c1-18(35-29(38)25-27-21(9-6-12-32-27)15-33-28(25)31)26-23(20-7-4-3-5-8-20)13-24-22(17-39-30(24)36-26)11-10-19-14-34-37(2)16-19/h3-9,12-18H,1-2H3,(H2,31,33)(H,35,38)/t18-/m1/s1. The zero-order chi connectivity index (χ0) is 26.9. The molecule has 0 aliphatic rings. The van der Waals surface area contributed by atoms with Crippen LogP contribution in [0.15, 0.2) is 78.7 Å². The molecule has 190 valence electrons. The molecule has 0 radical (unpaired) electrons. The first-order valence-corrected chi connectivity index (χ1v) is 13.1. The Morgan fingerprint density at radius 1 is 1.10 bits per heavy atom. The SMILES string of the molecule is C[C@@H](NC(=O)c1c(N)ncc2cccnc12)c1nc2scc(C#Cc3cnn(C)c3)c2cc1-c1ccccc1. The fraction of sp³-hybridized carbons (Fsp3) is 0.100. The van der Waals surface area contributed by atoms with Gasteiger partial charge >= 0.3 is 0 Å². The molecule has 6 aromatic rings. The summed E-state index contributed by atoms with van der Waals surface area (Å²) < 4.78 is 1.73. The predicted molar refractivity (Wildman–Crippen MR) is 154 cm³/mol. The first-order valence-electron chi connectivity index (χ1n) is 12.3. The Morgan fingerprint density at radius 3 is 2.74 bits per heavy atom. The molecule has 1 aromatic carbocycles. The molecule has 5 heterocycles. The van der Waals surface area contributed by atoms with Crippen molar-refractivity contribution in [1.29, 1.82) is 0 Å². The van der Waals surface area contributed by atoms with Crippen LogP contribution in [0.2, 0.25) is 0 Å². The summed E-state index contributed by atoms with van der Waals surface area (Å²) in [7, 11) is 1.87. The van der Waals surface area contributed by atoms with Crippen LogP contribution in [-0.4, -0.2) is 30.6 Å². The minimum atomic E-state index is -0.428.